The largest absolute Gasteiger partial charge is 0.633 e. The summed E-state index contributed by atoms with van der Waals surface area (Å²) in [7, 11) is 1.63. The quantitative estimate of drug-likeness (QED) is 0.0635. The van der Waals surface area contributed by atoms with Crippen LogP contribution in [-0.2, 0) is 4.79 Å². The molecule has 238 valence electrons. The number of para-hydroxylation sites is 1. The van der Waals surface area contributed by atoms with Crippen molar-refractivity contribution < 1.29 is 14.2 Å². The number of likely N-dealkylation sites (N-methyl/N-ethyl adjacent to an activating group) is 1. The molecule has 1 aliphatic carbocycles. The van der Waals surface area contributed by atoms with Crippen molar-refractivity contribution in [3.8, 4) is 22.9 Å². The van der Waals surface area contributed by atoms with Gasteiger partial charge in [0.2, 0.25) is 5.91 Å². The van der Waals surface area contributed by atoms with E-state index >= 15 is 0 Å². The van der Waals surface area contributed by atoms with Crippen molar-refractivity contribution in [3.63, 3.8) is 0 Å². The minimum atomic E-state index is -0.390. The van der Waals surface area contributed by atoms with Crippen molar-refractivity contribution >= 4 is 23.1 Å². The van der Waals surface area contributed by atoms with Crippen LogP contribution in [0.15, 0.2) is 108 Å². The number of quaternary nitrogens is 1. The number of hydroxylamine groups is 3. The first-order valence-corrected chi connectivity index (χ1v) is 15.4. The number of hydrogen-bond donors (Lipinski definition) is 3. The van der Waals surface area contributed by atoms with Crippen LogP contribution in [0.5, 0.6) is 11.5 Å². The van der Waals surface area contributed by atoms with Gasteiger partial charge in [-0.1, -0.05) is 36.8 Å². The van der Waals surface area contributed by atoms with Gasteiger partial charge in [0.25, 0.3) is 0 Å². The van der Waals surface area contributed by atoms with E-state index in [2.05, 4.69) is 10.6 Å². The smallest absolute Gasteiger partial charge is 0.339 e. The van der Waals surface area contributed by atoms with Crippen molar-refractivity contribution in [3.05, 3.63) is 124 Å². The summed E-state index contributed by atoms with van der Waals surface area (Å²) in [5, 5.41) is 27.4. The first kappa shape index (κ1) is 32.2. The maximum Gasteiger partial charge on any atom is 0.339 e. The third-order valence-electron chi connectivity index (χ3n) is 7.92. The number of imidazole rings is 1. The van der Waals surface area contributed by atoms with Gasteiger partial charge in [0.1, 0.15) is 23.0 Å². The number of rotatable bonds is 13. The number of hydrogen-bond acceptors (Lipinski definition) is 6. The number of carbonyl (C=O) groups is 1. The van der Waals surface area contributed by atoms with Gasteiger partial charge in [-0.05, 0) is 80.9 Å². The molecule has 0 saturated heterocycles. The molecule has 3 N–H and O–H groups in total. The van der Waals surface area contributed by atoms with Crippen LogP contribution in [-0.4, -0.2) is 45.0 Å². The zero-order valence-electron chi connectivity index (χ0n) is 26.6. The number of nitrogens with one attached hydrogen (secondary N) is 3. The molecule has 1 saturated carbocycles. The Kier molecular flexibility index (Phi) is 9.69. The highest BCUT2D eigenvalue weighted by Gasteiger charge is 2.34. The third kappa shape index (κ3) is 7.53. The molecule has 10 heteroatoms. The van der Waals surface area contributed by atoms with E-state index < -0.39 is 0 Å². The second kappa shape index (κ2) is 13.8. The van der Waals surface area contributed by atoms with Crippen molar-refractivity contribution in [2.45, 2.75) is 46.1 Å². The van der Waals surface area contributed by atoms with Crippen LogP contribution in [0.1, 0.15) is 45.7 Å². The van der Waals surface area contributed by atoms with Crippen LogP contribution < -0.4 is 21.1 Å². The van der Waals surface area contributed by atoms with Crippen LogP contribution in [0.4, 0.5) is 11.5 Å². The van der Waals surface area contributed by atoms with E-state index in [4.69, 9.17) is 10.1 Å². The Morgan fingerprint density at radius 3 is 2.35 bits per heavy atom. The van der Waals surface area contributed by atoms with E-state index in [0.717, 1.165) is 24.8 Å². The number of amides is 1. The second-order valence-electron chi connectivity index (χ2n) is 11.7. The lowest BCUT2D eigenvalue weighted by Crippen LogP contribution is -2.39. The van der Waals surface area contributed by atoms with E-state index in [9.17, 15) is 14.8 Å². The van der Waals surface area contributed by atoms with Gasteiger partial charge in [-0.2, -0.15) is 0 Å². The number of ether oxygens (including phenoxy) is 1. The molecular formula is C36H40N6O4. The first-order valence-electron chi connectivity index (χ1n) is 15.4. The summed E-state index contributed by atoms with van der Waals surface area (Å²) >= 11 is 0. The third-order valence-corrected chi connectivity index (χ3v) is 7.92. The van der Waals surface area contributed by atoms with Gasteiger partial charge < -0.3 is 30.6 Å². The molecular weight excluding hydrogens is 580 g/mol. The second-order valence-corrected chi connectivity index (χ2v) is 11.7. The fourth-order valence-corrected chi connectivity index (χ4v) is 5.09. The average molecular weight is 621 g/mol. The van der Waals surface area contributed by atoms with Gasteiger partial charge in [-0.3, -0.25) is 9.36 Å². The van der Waals surface area contributed by atoms with Gasteiger partial charge in [0.05, 0.1) is 36.7 Å². The Balaban J connectivity index is 1.50. The predicted molar refractivity (Wildman–Crippen MR) is 183 cm³/mol. The normalized spacial score (nSPS) is 14.6. The minimum absolute atomic E-state index is 0.115. The molecule has 46 heavy (non-hydrogen) atoms. The minimum Gasteiger partial charge on any atom is -0.633 e. The molecule has 1 fully saturated rings. The van der Waals surface area contributed by atoms with Crippen molar-refractivity contribution in [2.24, 2.45) is 0 Å². The Morgan fingerprint density at radius 1 is 1.00 bits per heavy atom. The monoisotopic (exact) mass is 620 g/mol. The summed E-state index contributed by atoms with van der Waals surface area (Å²) in [6.45, 7) is 5.89. The summed E-state index contributed by atoms with van der Waals surface area (Å²) in [6, 6.07) is 23.6. The molecule has 0 radical (unpaired) electrons. The van der Waals surface area contributed by atoms with Gasteiger partial charge in [-0.25, -0.2) is 9.36 Å². The van der Waals surface area contributed by atoms with Crippen molar-refractivity contribution in [2.75, 3.05) is 24.2 Å². The molecule has 1 aliphatic rings. The number of benzene rings is 3. The topological polar surface area (TPSA) is 124 Å². The molecule has 1 amide bonds. The van der Waals surface area contributed by atoms with Crippen molar-refractivity contribution in [1.29, 1.82) is 5.41 Å². The molecule has 3 aromatic carbocycles. The lowest BCUT2D eigenvalue weighted by molar-refractivity contribution is -0.865. The number of allylic oxidation sites excluding steroid dienone is 1. The van der Waals surface area contributed by atoms with Crippen LogP contribution in [0.3, 0.4) is 0 Å². The maximum absolute atomic E-state index is 14.2. The number of carbonyl (C=O) groups excluding carboxylic acids is 1. The van der Waals surface area contributed by atoms with Crippen LogP contribution >= 0.6 is 0 Å². The summed E-state index contributed by atoms with van der Waals surface area (Å²) in [4.78, 5) is 27.0. The SMILES string of the molecule is CC/C(C)=C/Nc1c(C(C)=N)n(-c2ccc(Oc3ccccc3)cc2)c(=O)n1-c1cccc(NC(=O)/C=C/C[N+](C)([O-])C2CC2)c1. The molecule has 0 spiro atoms. The average Bonchev–Trinajstić information content (AvgIpc) is 3.85. The molecule has 1 atom stereocenters. The van der Waals surface area contributed by atoms with Gasteiger partial charge in [0.15, 0.2) is 0 Å². The van der Waals surface area contributed by atoms with Gasteiger partial charge in [0, 0.05) is 30.8 Å². The maximum atomic E-state index is 14.2. The standard InChI is InChI=1S/C36H40N6O4/c1-5-25(2)24-38-35-34(26(3)37)40(28-16-20-32(21-17-28)46-31-13-7-6-8-14-31)36(44)41(35)29-12-9-11-27(23-29)39-33(43)15-10-22-42(4,45)30-18-19-30/h6-17,20-21,23-24,30,37-38H,5,18-19,22H2,1-4H3,(H,39,43)/b15-10+,25-24+,37-26?. The van der Waals surface area contributed by atoms with Gasteiger partial charge >= 0.3 is 5.69 Å². The first-order chi connectivity index (χ1) is 22.1. The van der Waals surface area contributed by atoms with E-state index in [1.807, 2.05) is 50.4 Å². The molecule has 0 aliphatic heterocycles. The molecule has 5 rings (SSSR count). The van der Waals surface area contributed by atoms with Crippen LogP contribution in [0.25, 0.3) is 11.4 Å². The summed E-state index contributed by atoms with van der Waals surface area (Å²) < 4.78 is 8.57. The Labute approximate surface area is 268 Å². The summed E-state index contributed by atoms with van der Waals surface area (Å²) in [6.07, 6.45) is 7.46. The zero-order chi connectivity index (χ0) is 32.8. The predicted octanol–water partition coefficient (Wildman–Crippen LogP) is 7.14. The Bertz CT molecular complexity index is 1830. The van der Waals surface area contributed by atoms with E-state index in [0.29, 0.717) is 40.1 Å². The summed E-state index contributed by atoms with van der Waals surface area (Å²) in [5.74, 6) is 1.36. The molecule has 1 heterocycles. The lowest BCUT2D eigenvalue weighted by Gasteiger charge is -2.38. The molecule has 10 nitrogen and oxygen atoms in total. The lowest BCUT2D eigenvalue weighted by atomic mass is 10.2. The highest BCUT2D eigenvalue weighted by Crippen LogP contribution is 2.31. The van der Waals surface area contributed by atoms with Gasteiger partial charge in [-0.15, -0.1) is 0 Å². The summed E-state index contributed by atoms with van der Waals surface area (Å²) in [5.41, 5.74) is 2.80. The highest BCUT2D eigenvalue weighted by molar-refractivity contribution is 6.01. The van der Waals surface area contributed by atoms with Crippen molar-refractivity contribution in [1.82, 2.24) is 9.13 Å². The number of nitrogens with zero attached hydrogens (tertiary/aromatic N) is 3. The number of aromatic nitrogens is 2. The Hall–Kier alpha value is -5.19. The fourth-order valence-electron chi connectivity index (χ4n) is 5.09. The molecule has 0 bridgehead atoms. The molecule has 4 aromatic rings. The zero-order valence-corrected chi connectivity index (χ0v) is 26.6. The van der Waals surface area contributed by atoms with E-state index in [1.165, 1.54) is 15.2 Å². The van der Waals surface area contributed by atoms with E-state index in [1.54, 1.807) is 68.6 Å². The van der Waals surface area contributed by atoms with Crippen LogP contribution in [0.2, 0.25) is 0 Å². The molecule has 1 unspecified atom stereocenters. The molecule has 1 aromatic heterocycles. The van der Waals surface area contributed by atoms with Crippen LogP contribution in [0, 0.1) is 10.6 Å². The number of anilines is 2. The highest BCUT2D eigenvalue weighted by atomic mass is 16.5. The fraction of sp³-hybridized carbons (Fsp3) is 0.250. The Morgan fingerprint density at radius 2 is 1.70 bits per heavy atom. The van der Waals surface area contributed by atoms with E-state index in [-0.39, 0.29) is 34.5 Å².